The lowest BCUT2D eigenvalue weighted by Crippen LogP contribution is -2.14. The Morgan fingerprint density at radius 1 is 1.44 bits per heavy atom. The molecule has 0 unspecified atom stereocenters. The summed E-state index contributed by atoms with van der Waals surface area (Å²) in [6.07, 6.45) is 0. The molecule has 0 aliphatic rings. The molecule has 0 saturated heterocycles. The molecule has 0 fully saturated rings. The van der Waals surface area contributed by atoms with Gasteiger partial charge in [0.25, 0.3) is 5.12 Å². The van der Waals surface area contributed by atoms with Crippen LogP contribution in [0.3, 0.4) is 0 Å². The zero-order valence-electron chi connectivity index (χ0n) is 5.25. The van der Waals surface area contributed by atoms with Gasteiger partial charge in [-0.2, -0.15) is 0 Å². The predicted molar refractivity (Wildman–Crippen MR) is 41.4 cm³/mol. The number of ketones is 1. The highest BCUT2D eigenvalue weighted by Gasteiger charge is 2.15. The first-order valence-electron chi connectivity index (χ1n) is 2.49. The summed E-state index contributed by atoms with van der Waals surface area (Å²) in [6, 6.07) is 0. The molecule has 52 valence electrons. The minimum Gasteiger partial charge on any atom is -0.290 e. The Balaban J connectivity index is 3.89. The van der Waals surface area contributed by atoms with E-state index in [2.05, 4.69) is 11.7 Å². The largest absolute Gasteiger partial charge is 0.290 e. The van der Waals surface area contributed by atoms with Crippen LogP contribution in [-0.2, 0) is 9.59 Å². The highest BCUT2D eigenvalue weighted by atomic mass is 33.1. The normalized spacial score (nSPS) is 9.78. The number of hydrogen-bond donors (Lipinski definition) is 1. The zero-order valence-corrected chi connectivity index (χ0v) is 6.96. The van der Waals surface area contributed by atoms with Crippen molar-refractivity contribution < 1.29 is 9.59 Å². The van der Waals surface area contributed by atoms with Crippen molar-refractivity contribution in [3.05, 3.63) is 0 Å². The molecule has 0 saturated carbocycles. The molecule has 0 atom stereocenters. The van der Waals surface area contributed by atoms with Gasteiger partial charge in [-0.3, -0.25) is 9.59 Å². The Morgan fingerprint density at radius 3 is 2.00 bits per heavy atom. The second-order valence-electron chi connectivity index (χ2n) is 1.90. The van der Waals surface area contributed by atoms with Crippen LogP contribution in [0.1, 0.15) is 13.8 Å². The quantitative estimate of drug-likeness (QED) is 0.379. The molecular weight excluding hydrogens is 156 g/mol. The van der Waals surface area contributed by atoms with Crippen molar-refractivity contribution in [1.82, 2.24) is 0 Å². The Bertz CT molecular complexity index is 131. The van der Waals surface area contributed by atoms with Gasteiger partial charge >= 0.3 is 0 Å². The van der Waals surface area contributed by atoms with Gasteiger partial charge in [-0.05, 0) is 10.8 Å². The fraction of sp³-hybridized carbons (Fsp3) is 0.600. The first-order chi connectivity index (χ1) is 4.09. The third kappa shape index (κ3) is 2.91. The van der Waals surface area contributed by atoms with E-state index in [9.17, 15) is 9.59 Å². The van der Waals surface area contributed by atoms with E-state index in [4.69, 9.17) is 0 Å². The fourth-order valence-electron chi connectivity index (χ4n) is 0.281. The van der Waals surface area contributed by atoms with Crippen molar-refractivity contribution in [2.24, 2.45) is 5.92 Å². The maximum Gasteiger partial charge on any atom is 0.265 e. The maximum absolute atomic E-state index is 10.7. The summed E-state index contributed by atoms with van der Waals surface area (Å²) in [5.74, 6) is -0.577. The van der Waals surface area contributed by atoms with Crippen molar-refractivity contribution in [2.75, 3.05) is 0 Å². The fourth-order valence-corrected chi connectivity index (χ4v) is 0.876. The molecule has 0 heterocycles. The molecule has 0 rings (SSSR count). The highest BCUT2D eigenvalue weighted by Crippen LogP contribution is 2.10. The standard InChI is InChI=1S/C5H8O2S2/c1-3(2)4(6)5(7)9-8/h3,8H,1-2H3. The van der Waals surface area contributed by atoms with Crippen LogP contribution in [0.2, 0.25) is 0 Å². The van der Waals surface area contributed by atoms with Crippen LogP contribution in [0.15, 0.2) is 0 Å². The van der Waals surface area contributed by atoms with Gasteiger partial charge < -0.3 is 0 Å². The zero-order chi connectivity index (χ0) is 7.44. The van der Waals surface area contributed by atoms with Crippen molar-refractivity contribution in [1.29, 1.82) is 0 Å². The summed E-state index contributed by atoms with van der Waals surface area (Å²) in [5, 5.41) is -0.478. The van der Waals surface area contributed by atoms with Crippen LogP contribution in [0.25, 0.3) is 0 Å². The van der Waals surface area contributed by atoms with Crippen molar-refractivity contribution in [2.45, 2.75) is 13.8 Å². The van der Waals surface area contributed by atoms with Gasteiger partial charge in [0.1, 0.15) is 0 Å². The summed E-state index contributed by atoms with van der Waals surface area (Å²) in [6.45, 7) is 3.37. The van der Waals surface area contributed by atoms with Crippen LogP contribution in [0, 0.1) is 5.92 Å². The number of carbonyl (C=O) groups excluding carboxylic acids is 2. The third-order valence-electron chi connectivity index (χ3n) is 0.808. The molecule has 0 aromatic heterocycles. The predicted octanol–water partition coefficient (Wildman–Crippen LogP) is 1.32. The van der Waals surface area contributed by atoms with Gasteiger partial charge in [-0.15, -0.1) is 11.7 Å². The number of carbonyl (C=O) groups is 2. The first-order valence-corrected chi connectivity index (χ1v) is 4.36. The second kappa shape index (κ2) is 3.95. The monoisotopic (exact) mass is 164 g/mol. The molecule has 0 aromatic carbocycles. The lowest BCUT2D eigenvalue weighted by Gasteiger charge is -1.96. The van der Waals surface area contributed by atoms with Crippen molar-refractivity contribution in [3.63, 3.8) is 0 Å². The van der Waals surface area contributed by atoms with E-state index in [1.54, 1.807) is 13.8 Å². The van der Waals surface area contributed by atoms with E-state index >= 15 is 0 Å². The lowest BCUT2D eigenvalue weighted by atomic mass is 10.1. The Kier molecular flexibility index (Phi) is 3.97. The van der Waals surface area contributed by atoms with Crippen molar-refractivity contribution >= 4 is 33.4 Å². The van der Waals surface area contributed by atoms with E-state index in [0.717, 1.165) is 0 Å². The molecular formula is C5H8O2S2. The molecule has 9 heavy (non-hydrogen) atoms. The van der Waals surface area contributed by atoms with Gasteiger partial charge in [0.15, 0.2) is 0 Å². The number of rotatable bonds is 2. The number of thiol groups is 1. The van der Waals surface area contributed by atoms with E-state index < -0.39 is 5.12 Å². The smallest absolute Gasteiger partial charge is 0.265 e. The molecule has 4 heteroatoms. The summed E-state index contributed by atoms with van der Waals surface area (Å²) < 4.78 is 0. The minimum absolute atomic E-state index is 0.211. The molecule has 0 aliphatic carbocycles. The van der Waals surface area contributed by atoms with Crippen LogP contribution in [-0.4, -0.2) is 10.9 Å². The van der Waals surface area contributed by atoms with Crippen LogP contribution >= 0.6 is 22.5 Å². The molecule has 0 amide bonds. The summed E-state index contributed by atoms with van der Waals surface area (Å²) in [7, 11) is 0.667. The maximum atomic E-state index is 10.7. The molecule has 0 N–H and O–H groups in total. The van der Waals surface area contributed by atoms with Gasteiger partial charge in [-0.1, -0.05) is 13.8 Å². The number of hydrogen-bond acceptors (Lipinski definition) is 4. The molecule has 0 bridgehead atoms. The molecule has 0 aliphatic heterocycles. The Morgan fingerprint density at radius 2 is 1.89 bits per heavy atom. The average molecular weight is 164 g/mol. The van der Waals surface area contributed by atoms with Crippen LogP contribution < -0.4 is 0 Å². The number of Topliss-reactive ketones (excluding diaryl/α,β-unsaturated/α-hetero) is 1. The Hall–Kier alpha value is 0.0400. The molecule has 0 spiro atoms. The van der Waals surface area contributed by atoms with Crippen molar-refractivity contribution in [3.8, 4) is 0 Å². The van der Waals surface area contributed by atoms with E-state index in [-0.39, 0.29) is 11.7 Å². The third-order valence-corrected chi connectivity index (χ3v) is 1.67. The lowest BCUT2D eigenvalue weighted by molar-refractivity contribution is -0.133. The van der Waals surface area contributed by atoms with E-state index in [1.165, 1.54) is 0 Å². The molecule has 0 radical (unpaired) electrons. The van der Waals surface area contributed by atoms with Crippen LogP contribution in [0.4, 0.5) is 0 Å². The second-order valence-corrected chi connectivity index (χ2v) is 3.00. The van der Waals surface area contributed by atoms with Gasteiger partial charge in [0.2, 0.25) is 5.78 Å². The summed E-state index contributed by atoms with van der Waals surface area (Å²) in [5.41, 5.74) is 0. The van der Waals surface area contributed by atoms with Crippen LogP contribution in [0.5, 0.6) is 0 Å². The molecule has 0 aromatic rings. The van der Waals surface area contributed by atoms with Gasteiger partial charge in [-0.25, -0.2) is 0 Å². The summed E-state index contributed by atoms with van der Waals surface area (Å²) >= 11 is 3.60. The topological polar surface area (TPSA) is 34.1 Å². The van der Waals surface area contributed by atoms with E-state index in [1.807, 2.05) is 0 Å². The minimum atomic E-state index is -0.478. The summed E-state index contributed by atoms with van der Waals surface area (Å²) in [4.78, 5) is 21.1. The molecule has 2 nitrogen and oxygen atoms in total. The average Bonchev–Trinajstić information content (AvgIpc) is 1.84. The van der Waals surface area contributed by atoms with E-state index in [0.29, 0.717) is 10.8 Å². The SMILES string of the molecule is CC(C)C(=O)C(=O)SS. The first kappa shape index (κ1) is 9.04. The Labute approximate surface area is 63.2 Å². The highest BCUT2D eigenvalue weighted by molar-refractivity contribution is 8.75. The van der Waals surface area contributed by atoms with Gasteiger partial charge in [0, 0.05) is 5.92 Å². The van der Waals surface area contributed by atoms with Gasteiger partial charge in [0.05, 0.1) is 0 Å².